The van der Waals surface area contributed by atoms with Gasteiger partial charge < -0.3 is 13.3 Å². The fourth-order valence-electron chi connectivity index (χ4n) is 2.20. The first-order valence-corrected chi connectivity index (χ1v) is 9.27. The maximum absolute atomic E-state index is 5.91. The Kier molecular flexibility index (Phi) is 9.12. The summed E-state index contributed by atoms with van der Waals surface area (Å²) in [6, 6.07) is 0.919. The first kappa shape index (κ1) is 18.1. The predicted molar refractivity (Wildman–Crippen MR) is 78.6 cm³/mol. The van der Waals surface area contributed by atoms with Gasteiger partial charge in [0.1, 0.15) is 0 Å². The smallest absolute Gasteiger partial charge is 0.374 e. The molecule has 0 spiro atoms. The van der Waals surface area contributed by atoms with Crippen molar-refractivity contribution in [1.29, 1.82) is 0 Å². The molecule has 0 aliphatic carbocycles. The van der Waals surface area contributed by atoms with E-state index in [0.29, 0.717) is 37.6 Å². The summed E-state index contributed by atoms with van der Waals surface area (Å²) in [6.07, 6.45) is 0. The van der Waals surface area contributed by atoms with Crippen LogP contribution in [0.4, 0.5) is 0 Å². The second-order valence-corrected chi connectivity index (χ2v) is 7.91. The van der Waals surface area contributed by atoms with Crippen molar-refractivity contribution in [1.82, 2.24) is 0 Å². The van der Waals surface area contributed by atoms with Gasteiger partial charge in [-0.2, -0.15) is 0 Å². The minimum Gasteiger partial charge on any atom is -0.374 e. The number of rotatable bonds is 10. The highest BCUT2D eigenvalue weighted by atomic mass is 28.4. The van der Waals surface area contributed by atoms with Crippen molar-refractivity contribution in [2.75, 3.05) is 19.8 Å². The van der Waals surface area contributed by atoms with E-state index in [4.69, 9.17) is 13.3 Å². The molecule has 0 amide bonds. The lowest BCUT2D eigenvalue weighted by atomic mass is 9.87. The summed E-state index contributed by atoms with van der Waals surface area (Å²) in [6.45, 7) is 17.1. The van der Waals surface area contributed by atoms with Crippen LogP contribution in [0.2, 0.25) is 6.04 Å². The Labute approximate surface area is 115 Å². The van der Waals surface area contributed by atoms with Crippen LogP contribution in [0.5, 0.6) is 0 Å². The SMILES string of the molecule is CCO[Si](CC(C)C(C)C(C)C)(OCC)OCC. The molecule has 0 saturated carbocycles. The van der Waals surface area contributed by atoms with Crippen LogP contribution in [0, 0.1) is 17.8 Å². The third-order valence-electron chi connectivity index (χ3n) is 3.61. The zero-order chi connectivity index (χ0) is 14.2. The van der Waals surface area contributed by atoms with Crippen LogP contribution >= 0.6 is 0 Å². The van der Waals surface area contributed by atoms with Gasteiger partial charge in [-0.1, -0.05) is 27.7 Å². The van der Waals surface area contributed by atoms with Crippen LogP contribution in [-0.4, -0.2) is 28.6 Å². The van der Waals surface area contributed by atoms with Crippen molar-refractivity contribution < 1.29 is 13.3 Å². The van der Waals surface area contributed by atoms with E-state index in [-0.39, 0.29) is 0 Å². The highest BCUT2D eigenvalue weighted by molar-refractivity contribution is 6.60. The van der Waals surface area contributed by atoms with Gasteiger partial charge in [0.25, 0.3) is 0 Å². The Morgan fingerprint density at radius 1 is 0.778 bits per heavy atom. The van der Waals surface area contributed by atoms with Crippen molar-refractivity contribution in [3.05, 3.63) is 0 Å². The van der Waals surface area contributed by atoms with E-state index >= 15 is 0 Å². The van der Waals surface area contributed by atoms with Gasteiger partial charge in [-0.25, -0.2) is 0 Å². The zero-order valence-electron chi connectivity index (χ0n) is 13.3. The normalized spacial score (nSPS) is 16.0. The second kappa shape index (κ2) is 9.07. The average molecular weight is 276 g/mol. The molecule has 2 atom stereocenters. The standard InChI is InChI=1S/C14H32O3Si/c1-8-15-18(16-9-2,17-10-3)11-13(6)14(7)12(4)5/h12-14H,8-11H2,1-7H3. The molecule has 4 heteroatoms. The molecule has 0 aromatic carbocycles. The van der Waals surface area contributed by atoms with E-state index in [2.05, 4.69) is 27.7 Å². The fraction of sp³-hybridized carbons (Fsp3) is 1.00. The van der Waals surface area contributed by atoms with Crippen LogP contribution in [-0.2, 0) is 13.3 Å². The molecule has 0 aliphatic heterocycles. The molecule has 0 aromatic heterocycles. The zero-order valence-corrected chi connectivity index (χ0v) is 14.3. The van der Waals surface area contributed by atoms with Crippen molar-refractivity contribution in [2.24, 2.45) is 17.8 Å². The van der Waals surface area contributed by atoms with Crippen LogP contribution in [0.1, 0.15) is 48.5 Å². The molecule has 0 bridgehead atoms. The first-order chi connectivity index (χ1) is 8.42. The summed E-state index contributed by atoms with van der Waals surface area (Å²) >= 11 is 0. The van der Waals surface area contributed by atoms with Gasteiger partial charge in [0.15, 0.2) is 0 Å². The Balaban J connectivity index is 4.73. The van der Waals surface area contributed by atoms with Gasteiger partial charge >= 0.3 is 8.80 Å². The van der Waals surface area contributed by atoms with E-state index in [1.807, 2.05) is 20.8 Å². The van der Waals surface area contributed by atoms with Crippen molar-refractivity contribution >= 4 is 8.80 Å². The summed E-state index contributed by atoms with van der Waals surface area (Å²) in [7, 11) is -2.47. The maximum Gasteiger partial charge on any atom is 0.501 e. The van der Waals surface area contributed by atoms with Gasteiger partial charge in [-0.15, -0.1) is 0 Å². The van der Waals surface area contributed by atoms with E-state index in [9.17, 15) is 0 Å². The topological polar surface area (TPSA) is 27.7 Å². The largest absolute Gasteiger partial charge is 0.501 e. The van der Waals surface area contributed by atoms with Gasteiger partial charge in [-0.05, 0) is 38.5 Å². The molecule has 110 valence electrons. The minimum absolute atomic E-state index is 0.557. The monoisotopic (exact) mass is 276 g/mol. The molecule has 0 saturated heterocycles. The summed E-state index contributed by atoms with van der Waals surface area (Å²) < 4.78 is 17.7. The number of hydrogen-bond acceptors (Lipinski definition) is 3. The molecule has 0 heterocycles. The van der Waals surface area contributed by atoms with E-state index in [0.717, 1.165) is 6.04 Å². The Bertz CT molecular complexity index is 192. The van der Waals surface area contributed by atoms with E-state index in [1.54, 1.807) is 0 Å². The Morgan fingerprint density at radius 2 is 1.17 bits per heavy atom. The van der Waals surface area contributed by atoms with Crippen LogP contribution < -0.4 is 0 Å². The molecule has 18 heavy (non-hydrogen) atoms. The third kappa shape index (κ3) is 5.82. The summed E-state index contributed by atoms with van der Waals surface area (Å²) in [5.74, 6) is 1.89. The molecule has 3 nitrogen and oxygen atoms in total. The quantitative estimate of drug-likeness (QED) is 0.565. The van der Waals surface area contributed by atoms with Gasteiger partial charge in [0, 0.05) is 25.9 Å². The highest BCUT2D eigenvalue weighted by Gasteiger charge is 2.42. The summed E-state index contributed by atoms with van der Waals surface area (Å²) in [5.41, 5.74) is 0. The van der Waals surface area contributed by atoms with Crippen LogP contribution in [0.15, 0.2) is 0 Å². The highest BCUT2D eigenvalue weighted by Crippen LogP contribution is 2.30. The minimum atomic E-state index is -2.47. The third-order valence-corrected chi connectivity index (χ3v) is 6.94. The fourth-order valence-corrected chi connectivity index (χ4v) is 5.28. The lowest BCUT2D eigenvalue weighted by Crippen LogP contribution is -2.48. The molecule has 2 unspecified atom stereocenters. The van der Waals surface area contributed by atoms with E-state index in [1.165, 1.54) is 0 Å². The van der Waals surface area contributed by atoms with E-state index < -0.39 is 8.80 Å². The summed E-state index contributed by atoms with van der Waals surface area (Å²) in [5, 5.41) is 0. The second-order valence-electron chi connectivity index (χ2n) is 5.27. The van der Waals surface area contributed by atoms with Crippen molar-refractivity contribution in [3.63, 3.8) is 0 Å². The molecule has 0 rings (SSSR count). The number of hydrogen-bond donors (Lipinski definition) is 0. The Morgan fingerprint density at radius 3 is 1.44 bits per heavy atom. The molecule has 0 aromatic rings. The van der Waals surface area contributed by atoms with Gasteiger partial charge in [0.05, 0.1) is 0 Å². The predicted octanol–water partition coefficient (Wildman–Crippen LogP) is 3.96. The van der Waals surface area contributed by atoms with Crippen molar-refractivity contribution in [3.8, 4) is 0 Å². The Hall–Kier alpha value is 0.0969. The lowest BCUT2D eigenvalue weighted by Gasteiger charge is -2.33. The van der Waals surface area contributed by atoms with Crippen LogP contribution in [0.25, 0.3) is 0 Å². The van der Waals surface area contributed by atoms with Crippen LogP contribution in [0.3, 0.4) is 0 Å². The van der Waals surface area contributed by atoms with Gasteiger partial charge in [0.2, 0.25) is 0 Å². The molecular weight excluding hydrogens is 244 g/mol. The molecular formula is C14H32O3Si. The summed E-state index contributed by atoms with van der Waals surface area (Å²) in [4.78, 5) is 0. The average Bonchev–Trinajstić information content (AvgIpc) is 2.28. The van der Waals surface area contributed by atoms with Gasteiger partial charge in [-0.3, -0.25) is 0 Å². The molecule has 0 aliphatic rings. The molecule has 0 radical (unpaired) electrons. The van der Waals surface area contributed by atoms with Crippen molar-refractivity contribution in [2.45, 2.75) is 54.5 Å². The molecule has 0 N–H and O–H groups in total. The lowest BCUT2D eigenvalue weighted by molar-refractivity contribution is 0.0640. The maximum atomic E-state index is 5.91. The molecule has 0 fully saturated rings. The first-order valence-electron chi connectivity index (χ1n) is 7.34.